The summed E-state index contributed by atoms with van der Waals surface area (Å²) in [5.41, 5.74) is 5.31. The van der Waals surface area contributed by atoms with Crippen molar-refractivity contribution in [3.8, 4) is 0 Å². The third-order valence-corrected chi connectivity index (χ3v) is 7.82. The largest absolute Gasteiger partial charge is 0.344 e. The molecule has 0 saturated carbocycles. The number of hydrogen-bond acceptors (Lipinski definition) is 10. The Kier molecular flexibility index (Phi) is 13.3. The molecule has 0 spiro atoms. The molecule has 0 unspecified atom stereocenters. The molecule has 0 aliphatic heterocycles. The van der Waals surface area contributed by atoms with E-state index in [1.54, 1.807) is 0 Å². The van der Waals surface area contributed by atoms with Crippen molar-refractivity contribution >= 4 is 38.0 Å². The van der Waals surface area contributed by atoms with E-state index in [1.807, 2.05) is 0 Å². The second kappa shape index (κ2) is 13.1. The second-order valence-corrected chi connectivity index (χ2v) is 15.0. The lowest BCUT2D eigenvalue weighted by atomic mass is 10.6. The van der Waals surface area contributed by atoms with Crippen LogP contribution < -0.4 is 5.73 Å². The summed E-state index contributed by atoms with van der Waals surface area (Å²) in [5, 5.41) is 0. The predicted molar refractivity (Wildman–Crippen MR) is 110 cm³/mol. The topological polar surface area (TPSA) is 298 Å². The molecule has 0 atom stereocenters. The molecule has 18 nitrogen and oxygen atoms in total. The molecule has 32 heavy (non-hydrogen) atoms. The van der Waals surface area contributed by atoms with E-state index in [0.29, 0.717) is 9.80 Å². The molecule has 0 radical (unpaired) electrons. The molecule has 0 saturated heterocycles. The van der Waals surface area contributed by atoms with Crippen molar-refractivity contribution in [2.75, 3.05) is 57.7 Å². The third-order valence-electron chi connectivity index (χ3n) is 3.15. The van der Waals surface area contributed by atoms with Crippen molar-refractivity contribution < 1.29 is 71.0 Å². The van der Waals surface area contributed by atoms with E-state index < -0.39 is 95.7 Å². The van der Waals surface area contributed by atoms with Gasteiger partial charge in [0.15, 0.2) is 0 Å². The molecule has 0 bridgehead atoms. The highest BCUT2D eigenvalue weighted by Crippen LogP contribution is 2.47. The van der Waals surface area contributed by atoms with Crippen LogP contribution in [0.5, 0.6) is 0 Å². The van der Waals surface area contributed by atoms with Gasteiger partial charge >= 0.3 is 38.0 Å². The molecule has 194 valence electrons. The molecular weight excluding hydrogens is 545 g/mol. The molecule has 0 aromatic carbocycles. The minimum Gasteiger partial charge on any atom is -0.324 e. The van der Waals surface area contributed by atoms with E-state index in [2.05, 4.69) is 0 Å². The number of hydrogen-bond donors (Lipinski definition) is 9. The number of rotatable bonds is 17. The Balaban J connectivity index is 4.92. The van der Waals surface area contributed by atoms with Gasteiger partial charge in [0, 0.05) is 13.1 Å². The van der Waals surface area contributed by atoms with Crippen LogP contribution in [0, 0.1) is 0 Å². The lowest BCUT2D eigenvalue weighted by molar-refractivity contribution is 0.165. The normalized spacial score (nSPS) is 14.5. The van der Waals surface area contributed by atoms with Crippen molar-refractivity contribution in [3.05, 3.63) is 0 Å². The Hall–Kier alpha value is 0.630. The zero-order chi connectivity index (χ0) is 25.4. The van der Waals surface area contributed by atoms with Gasteiger partial charge in [-0.2, -0.15) is 0 Å². The average Bonchev–Trinajstić information content (AvgIpc) is 2.48. The van der Waals surface area contributed by atoms with Gasteiger partial charge in [0.1, 0.15) is 25.1 Å². The first kappa shape index (κ1) is 32.6. The molecule has 0 aromatic rings. The van der Waals surface area contributed by atoms with Crippen molar-refractivity contribution in [3.63, 3.8) is 0 Å². The lowest BCUT2D eigenvalue weighted by Gasteiger charge is -2.25. The third kappa shape index (κ3) is 19.0. The van der Waals surface area contributed by atoms with E-state index in [0.717, 1.165) is 0 Å². The molecule has 10 N–H and O–H groups in total. The van der Waals surface area contributed by atoms with Gasteiger partial charge in [0.05, 0.1) is 19.5 Å². The van der Waals surface area contributed by atoms with Crippen LogP contribution in [-0.2, 0) is 31.9 Å². The molecule has 0 aliphatic carbocycles. The fourth-order valence-corrected chi connectivity index (χ4v) is 6.55. The molecular formula is C9H28N3O15P5. The molecule has 0 amide bonds. The highest BCUT2D eigenvalue weighted by molar-refractivity contribution is 7.54. The fraction of sp³-hybridized carbons (Fsp3) is 1.00. The Bertz CT molecular complexity index is 705. The van der Waals surface area contributed by atoms with Gasteiger partial charge in [0.25, 0.3) is 0 Å². The monoisotopic (exact) mass is 573 g/mol. The smallest absolute Gasteiger partial charge is 0.324 e. The van der Waals surface area contributed by atoms with Crippen LogP contribution in [0.4, 0.5) is 0 Å². The molecule has 0 aliphatic rings. The zero-order valence-corrected chi connectivity index (χ0v) is 21.0. The van der Waals surface area contributed by atoms with Crippen LogP contribution in [0.25, 0.3) is 0 Å². The molecule has 0 aromatic heterocycles. The molecule has 23 heteroatoms. The first-order valence-corrected chi connectivity index (χ1v) is 17.3. The highest BCUT2D eigenvalue weighted by atomic mass is 31.2. The first-order valence-electron chi connectivity index (χ1n) is 8.34. The van der Waals surface area contributed by atoms with Gasteiger partial charge < -0.3 is 53.9 Å². The maximum atomic E-state index is 12.5. The van der Waals surface area contributed by atoms with Crippen LogP contribution in [0.2, 0.25) is 0 Å². The maximum Gasteiger partial charge on any atom is 0.344 e. The van der Waals surface area contributed by atoms with E-state index in [1.165, 1.54) is 0 Å². The Morgan fingerprint density at radius 2 is 0.812 bits per heavy atom. The summed E-state index contributed by atoms with van der Waals surface area (Å²) in [6, 6.07) is 0. The van der Waals surface area contributed by atoms with Gasteiger partial charge in [0.2, 0.25) is 0 Å². The van der Waals surface area contributed by atoms with Crippen molar-refractivity contribution in [2.45, 2.75) is 0 Å². The van der Waals surface area contributed by atoms with Crippen molar-refractivity contribution in [1.29, 1.82) is 0 Å². The Labute approximate surface area is 182 Å². The van der Waals surface area contributed by atoms with Crippen LogP contribution in [0.3, 0.4) is 0 Å². The summed E-state index contributed by atoms with van der Waals surface area (Å²) < 4.78 is 66.7. The molecule has 0 rings (SSSR count). The van der Waals surface area contributed by atoms with Crippen LogP contribution in [-0.4, -0.2) is 107 Å². The van der Waals surface area contributed by atoms with E-state index >= 15 is 0 Å². The summed E-state index contributed by atoms with van der Waals surface area (Å²) in [4.78, 5) is 73.2. The fourth-order valence-electron chi connectivity index (χ4n) is 2.18. The van der Waals surface area contributed by atoms with Crippen LogP contribution in [0.1, 0.15) is 0 Å². The van der Waals surface area contributed by atoms with E-state index in [-0.39, 0.29) is 0 Å². The Morgan fingerprint density at radius 1 is 0.562 bits per heavy atom. The summed E-state index contributed by atoms with van der Waals surface area (Å²) in [6.45, 7) is -2.12. The van der Waals surface area contributed by atoms with Crippen molar-refractivity contribution in [1.82, 2.24) is 9.80 Å². The SMILES string of the molecule is NCP(=O)(OCCN(CP(=O)(O)O)CP(=O)(O)O)OCCN(CP(=O)(O)O)CP(=O)(O)O. The summed E-state index contributed by atoms with van der Waals surface area (Å²) in [7, 11) is -22.8. The second-order valence-electron chi connectivity index (χ2n) is 6.47. The summed E-state index contributed by atoms with van der Waals surface area (Å²) >= 11 is 0. The van der Waals surface area contributed by atoms with E-state index in [9.17, 15) is 22.8 Å². The number of nitrogens with zero attached hydrogens (tertiary/aromatic N) is 2. The number of nitrogens with two attached hydrogens (primary N) is 1. The van der Waals surface area contributed by atoms with Gasteiger partial charge in [-0.15, -0.1) is 0 Å². The zero-order valence-electron chi connectivity index (χ0n) is 16.5. The summed E-state index contributed by atoms with van der Waals surface area (Å²) in [5.74, 6) is 0. The highest BCUT2D eigenvalue weighted by Gasteiger charge is 2.29. The van der Waals surface area contributed by atoms with Crippen LogP contribution in [0.15, 0.2) is 0 Å². The first-order chi connectivity index (χ1) is 14.1. The lowest BCUT2D eigenvalue weighted by Crippen LogP contribution is -2.31. The van der Waals surface area contributed by atoms with Gasteiger partial charge in [-0.25, -0.2) is 0 Å². The molecule has 0 fully saturated rings. The van der Waals surface area contributed by atoms with Crippen molar-refractivity contribution in [2.24, 2.45) is 5.73 Å². The molecule has 0 heterocycles. The standard InChI is InChI=1S/C9H28N3O15P5/c10-5-32(25,26-3-1-11(6-28(13,14)15)7-29(16,17)18)27-4-2-12(8-30(19,20)21)9-31(22,23)24/h1-10H2,(H2,13,14,15)(H2,16,17,18)(H2,19,20,21)(H2,22,23,24). The minimum atomic E-state index is -4.69. The van der Waals surface area contributed by atoms with Gasteiger partial charge in [-0.3, -0.25) is 32.6 Å². The average molecular weight is 573 g/mol. The minimum absolute atomic E-state index is 0.480. The Morgan fingerprint density at radius 3 is 1.00 bits per heavy atom. The maximum absolute atomic E-state index is 12.5. The summed E-state index contributed by atoms with van der Waals surface area (Å²) in [6.07, 6.45) is -4.78. The van der Waals surface area contributed by atoms with Gasteiger partial charge in [-0.1, -0.05) is 0 Å². The predicted octanol–water partition coefficient (Wildman–Crippen LogP) is -1.73. The van der Waals surface area contributed by atoms with Gasteiger partial charge in [-0.05, 0) is 0 Å². The van der Waals surface area contributed by atoms with Crippen LogP contribution >= 0.6 is 38.0 Å². The quantitative estimate of drug-likeness (QED) is 0.0873. The van der Waals surface area contributed by atoms with E-state index in [4.69, 9.17) is 53.9 Å².